The molecule has 2 rings (SSSR count). The minimum absolute atomic E-state index is 0.367. The zero-order valence-electron chi connectivity index (χ0n) is 12.6. The van der Waals surface area contributed by atoms with E-state index in [0.717, 1.165) is 36.5 Å². The molecule has 0 spiro atoms. The van der Waals surface area contributed by atoms with Crippen LogP contribution in [0.1, 0.15) is 30.4 Å². The molecule has 1 unspecified atom stereocenters. The molecule has 1 aliphatic rings. The van der Waals surface area contributed by atoms with E-state index >= 15 is 0 Å². The lowest BCUT2D eigenvalue weighted by Crippen LogP contribution is -2.32. The van der Waals surface area contributed by atoms with Crippen LogP contribution in [0.15, 0.2) is 36.4 Å². The molecule has 0 radical (unpaired) electrons. The number of carboxylic acids is 1. The van der Waals surface area contributed by atoms with Crippen LogP contribution in [0.4, 0.5) is 0 Å². The molecule has 6 heteroatoms. The Morgan fingerprint density at radius 1 is 1.13 bits per heavy atom. The second-order valence-electron chi connectivity index (χ2n) is 5.05. The van der Waals surface area contributed by atoms with Crippen LogP contribution in [-0.2, 0) is 19.2 Å². The third-order valence-corrected chi connectivity index (χ3v) is 3.21. The summed E-state index contributed by atoms with van der Waals surface area (Å²) in [5.41, 5.74) is 3.93. The van der Waals surface area contributed by atoms with Crippen molar-refractivity contribution in [2.45, 2.75) is 25.6 Å². The van der Waals surface area contributed by atoms with Crippen LogP contribution in [0.3, 0.4) is 0 Å². The van der Waals surface area contributed by atoms with Gasteiger partial charge in [0.2, 0.25) is 0 Å². The number of hydrogen-bond acceptors (Lipinski definition) is 4. The van der Waals surface area contributed by atoms with Gasteiger partial charge in [-0.25, -0.2) is 15.1 Å². The average molecular weight is 317 g/mol. The van der Waals surface area contributed by atoms with Crippen molar-refractivity contribution in [1.29, 1.82) is 0 Å². The number of rotatable bonds is 6. The van der Waals surface area contributed by atoms with E-state index in [2.05, 4.69) is 5.48 Å². The first-order valence-electron chi connectivity index (χ1n) is 7.40. The molecular formula is C17H19NO5. The fourth-order valence-corrected chi connectivity index (χ4v) is 2.02. The maximum Gasteiger partial charge on any atom is 0.328 e. The zero-order valence-corrected chi connectivity index (χ0v) is 12.6. The van der Waals surface area contributed by atoms with Gasteiger partial charge in [-0.1, -0.05) is 24.3 Å². The van der Waals surface area contributed by atoms with Crippen LogP contribution in [0, 0.1) is 0 Å². The Morgan fingerprint density at radius 3 is 2.35 bits per heavy atom. The Kier molecular flexibility index (Phi) is 6.53. The van der Waals surface area contributed by atoms with Crippen molar-refractivity contribution >= 4 is 24.0 Å². The number of hydrogen-bond donors (Lipinski definition) is 2. The molecule has 0 bridgehead atoms. The largest absolute Gasteiger partial charge is 0.478 e. The number of carboxylic acid groups (broad SMARTS) is 1. The van der Waals surface area contributed by atoms with E-state index in [9.17, 15) is 9.59 Å². The van der Waals surface area contributed by atoms with Crippen molar-refractivity contribution in [3.05, 3.63) is 47.5 Å². The summed E-state index contributed by atoms with van der Waals surface area (Å²) in [6.07, 6.45) is 8.03. The number of hydroxylamine groups is 1. The Labute approximate surface area is 134 Å². The molecule has 1 atom stereocenters. The second-order valence-corrected chi connectivity index (χ2v) is 5.05. The smallest absolute Gasteiger partial charge is 0.328 e. The number of benzene rings is 1. The first-order valence-corrected chi connectivity index (χ1v) is 7.40. The van der Waals surface area contributed by atoms with Crippen molar-refractivity contribution < 1.29 is 24.3 Å². The van der Waals surface area contributed by atoms with Gasteiger partial charge in [0, 0.05) is 25.2 Å². The second kappa shape index (κ2) is 8.87. The molecule has 1 aromatic rings. The average Bonchev–Trinajstić information content (AvgIpc) is 2.58. The minimum atomic E-state index is -0.993. The standard InChI is InChI=1S/C17H19NO5/c19-15(18-23-17-3-1-2-12-22-17)10-8-13-4-6-14(7-5-13)9-11-16(20)21/h4-11,17H,1-3,12H2,(H,18,19)(H,20,21)/b10-8+,11-9+. The van der Waals surface area contributed by atoms with Crippen molar-refractivity contribution in [3.63, 3.8) is 0 Å². The van der Waals surface area contributed by atoms with E-state index in [4.69, 9.17) is 14.7 Å². The monoisotopic (exact) mass is 317 g/mol. The van der Waals surface area contributed by atoms with Gasteiger partial charge < -0.3 is 9.84 Å². The fraction of sp³-hybridized carbons (Fsp3) is 0.294. The lowest BCUT2D eigenvalue weighted by atomic mass is 10.1. The Bertz CT molecular complexity index is 586. The van der Waals surface area contributed by atoms with E-state index in [1.165, 1.54) is 12.2 Å². The van der Waals surface area contributed by atoms with Crippen LogP contribution in [0.2, 0.25) is 0 Å². The maximum atomic E-state index is 11.6. The number of aliphatic carboxylic acids is 1. The van der Waals surface area contributed by atoms with Crippen LogP contribution in [0.5, 0.6) is 0 Å². The van der Waals surface area contributed by atoms with Gasteiger partial charge in [-0.3, -0.25) is 4.79 Å². The predicted octanol–water partition coefficient (Wildman–Crippen LogP) is 2.37. The van der Waals surface area contributed by atoms with E-state index in [-0.39, 0.29) is 12.2 Å². The van der Waals surface area contributed by atoms with Crippen LogP contribution in [-0.4, -0.2) is 29.9 Å². The summed E-state index contributed by atoms with van der Waals surface area (Å²) >= 11 is 0. The Morgan fingerprint density at radius 2 is 1.78 bits per heavy atom. The van der Waals surface area contributed by atoms with Crippen LogP contribution < -0.4 is 5.48 Å². The van der Waals surface area contributed by atoms with Gasteiger partial charge in [-0.2, -0.15) is 0 Å². The quantitative estimate of drug-likeness (QED) is 0.621. The van der Waals surface area contributed by atoms with Gasteiger partial charge in [0.25, 0.3) is 5.91 Å². The number of carbonyl (C=O) groups excluding carboxylic acids is 1. The summed E-state index contributed by atoms with van der Waals surface area (Å²) in [6.45, 7) is 0.652. The summed E-state index contributed by atoms with van der Waals surface area (Å²) in [5.74, 6) is -1.36. The summed E-state index contributed by atoms with van der Waals surface area (Å²) in [7, 11) is 0. The van der Waals surface area contributed by atoms with Gasteiger partial charge in [0.1, 0.15) is 0 Å². The Balaban J connectivity index is 1.79. The van der Waals surface area contributed by atoms with Gasteiger partial charge in [-0.05, 0) is 36.1 Å². The first-order chi connectivity index (χ1) is 11.1. The molecule has 0 aromatic heterocycles. The SMILES string of the molecule is O=C(O)/C=C/c1ccc(/C=C/C(=O)NOC2CCCCO2)cc1. The van der Waals surface area contributed by atoms with Gasteiger partial charge >= 0.3 is 5.97 Å². The van der Waals surface area contributed by atoms with Crippen molar-refractivity contribution in [1.82, 2.24) is 5.48 Å². The molecule has 1 heterocycles. The molecule has 6 nitrogen and oxygen atoms in total. The molecule has 1 aliphatic heterocycles. The third kappa shape index (κ3) is 6.46. The predicted molar refractivity (Wildman–Crippen MR) is 85.0 cm³/mol. The fourth-order valence-electron chi connectivity index (χ4n) is 2.02. The molecule has 1 amide bonds. The number of amides is 1. The van der Waals surface area contributed by atoms with Crippen LogP contribution >= 0.6 is 0 Å². The van der Waals surface area contributed by atoms with Gasteiger partial charge in [0.15, 0.2) is 6.29 Å². The first kappa shape index (κ1) is 16.9. The van der Waals surface area contributed by atoms with E-state index in [1.807, 2.05) is 0 Å². The summed E-state index contributed by atoms with van der Waals surface area (Å²) < 4.78 is 5.33. The normalized spacial score (nSPS) is 18.3. The number of ether oxygens (including phenoxy) is 1. The summed E-state index contributed by atoms with van der Waals surface area (Å²) in [4.78, 5) is 27.2. The van der Waals surface area contributed by atoms with Crippen molar-refractivity contribution in [2.24, 2.45) is 0 Å². The van der Waals surface area contributed by atoms with Gasteiger partial charge in [0.05, 0.1) is 0 Å². The molecule has 1 saturated heterocycles. The van der Waals surface area contributed by atoms with Gasteiger partial charge in [-0.15, -0.1) is 0 Å². The highest BCUT2D eigenvalue weighted by molar-refractivity contribution is 5.91. The lowest BCUT2D eigenvalue weighted by molar-refractivity contribution is -0.198. The molecule has 0 aliphatic carbocycles. The molecule has 1 fully saturated rings. The summed E-state index contributed by atoms with van der Waals surface area (Å²) in [6, 6.07) is 7.11. The van der Waals surface area contributed by atoms with E-state index in [1.54, 1.807) is 30.3 Å². The third-order valence-electron chi connectivity index (χ3n) is 3.21. The van der Waals surface area contributed by atoms with Crippen molar-refractivity contribution in [3.8, 4) is 0 Å². The molecule has 0 saturated carbocycles. The minimum Gasteiger partial charge on any atom is -0.478 e. The molecular weight excluding hydrogens is 298 g/mol. The molecule has 23 heavy (non-hydrogen) atoms. The number of nitrogens with one attached hydrogen (secondary N) is 1. The maximum absolute atomic E-state index is 11.6. The highest BCUT2D eigenvalue weighted by Crippen LogP contribution is 2.12. The van der Waals surface area contributed by atoms with E-state index < -0.39 is 5.97 Å². The zero-order chi connectivity index (χ0) is 16.5. The van der Waals surface area contributed by atoms with E-state index in [0.29, 0.717) is 6.61 Å². The molecule has 122 valence electrons. The van der Waals surface area contributed by atoms with Crippen molar-refractivity contribution in [2.75, 3.05) is 6.61 Å². The topological polar surface area (TPSA) is 84.9 Å². The molecule has 1 aromatic carbocycles. The highest BCUT2D eigenvalue weighted by Gasteiger charge is 2.14. The lowest BCUT2D eigenvalue weighted by Gasteiger charge is -2.21. The van der Waals surface area contributed by atoms with Crippen LogP contribution in [0.25, 0.3) is 12.2 Å². The number of carbonyl (C=O) groups is 2. The highest BCUT2D eigenvalue weighted by atomic mass is 16.8. The molecule has 2 N–H and O–H groups in total. The summed E-state index contributed by atoms with van der Waals surface area (Å²) in [5, 5.41) is 8.56. The Hall–Kier alpha value is -2.44.